The maximum atomic E-state index is 13.7. The lowest BCUT2D eigenvalue weighted by Crippen LogP contribution is -2.17. The van der Waals surface area contributed by atoms with Gasteiger partial charge in [-0.05, 0) is 36.2 Å². The minimum Gasteiger partial charge on any atom is -0.323 e. The molecule has 0 aliphatic carbocycles. The largest absolute Gasteiger partial charge is 0.323 e. The van der Waals surface area contributed by atoms with Crippen molar-refractivity contribution in [2.75, 3.05) is 0 Å². The van der Waals surface area contributed by atoms with Gasteiger partial charge in [0.1, 0.15) is 23.3 Å². The third-order valence-corrected chi connectivity index (χ3v) is 3.25. The number of hydrogen-bond acceptors (Lipinski definition) is 1. The van der Waals surface area contributed by atoms with Gasteiger partial charge in [0.25, 0.3) is 0 Å². The van der Waals surface area contributed by atoms with E-state index in [9.17, 15) is 17.6 Å². The van der Waals surface area contributed by atoms with Gasteiger partial charge in [-0.2, -0.15) is 0 Å². The zero-order valence-corrected chi connectivity index (χ0v) is 11.7. The second kappa shape index (κ2) is 5.93. The Morgan fingerprint density at radius 3 is 1.90 bits per heavy atom. The summed E-state index contributed by atoms with van der Waals surface area (Å²) in [5.74, 6) is -3.13. The molecule has 1 unspecified atom stereocenters. The SMILES string of the molecule is NC(Cc1cc(F)cc(F)c1)c1c(F)cc(Br)cc1F. The van der Waals surface area contributed by atoms with E-state index in [1.165, 1.54) is 0 Å². The van der Waals surface area contributed by atoms with Crippen LogP contribution in [0.5, 0.6) is 0 Å². The summed E-state index contributed by atoms with van der Waals surface area (Å²) >= 11 is 2.96. The Bertz CT molecular complexity index is 602. The Morgan fingerprint density at radius 2 is 1.40 bits per heavy atom. The van der Waals surface area contributed by atoms with Crippen molar-refractivity contribution in [3.05, 3.63) is 69.2 Å². The van der Waals surface area contributed by atoms with Gasteiger partial charge in [-0.25, -0.2) is 17.6 Å². The third-order valence-electron chi connectivity index (χ3n) is 2.79. The van der Waals surface area contributed by atoms with Gasteiger partial charge < -0.3 is 5.73 Å². The van der Waals surface area contributed by atoms with E-state index in [-0.39, 0.29) is 22.0 Å². The highest BCUT2D eigenvalue weighted by molar-refractivity contribution is 9.10. The molecule has 0 aliphatic heterocycles. The molecule has 2 N–H and O–H groups in total. The van der Waals surface area contributed by atoms with Gasteiger partial charge in [-0.1, -0.05) is 15.9 Å². The molecule has 0 fully saturated rings. The number of hydrogen-bond donors (Lipinski definition) is 1. The van der Waals surface area contributed by atoms with Crippen LogP contribution >= 0.6 is 15.9 Å². The minimum atomic E-state index is -1.04. The quantitative estimate of drug-likeness (QED) is 0.825. The van der Waals surface area contributed by atoms with Crippen LogP contribution in [0, 0.1) is 23.3 Å². The first-order valence-electron chi connectivity index (χ1n) is 5.72. The van der Waals surface area contributed by atoms with Crippen molar-refractivity contribution in [2.24, 2.45) is 5.73 Å². The van der Waals surface area contributed by atoms with Crippen molar-refractivity contribution in [3.63, 3.8) is 0 Å². The second-order valence-corrected chi connectivity index (χ2v) is 5.29. The van der Waals surface area contributed by atoms with Gasteiger partial charge in [0, 0.05) is 22.1 Å². The fourth-order valence-electron chi connectivity index (χ4n) is 1.99. The molecule has 0 bridgehead atoms. The summed E-state index contributed by atoms with van der Waals surface area (Å²) in [5, 5.41) is 0. The first-order chi connectivity index (χ1) is 9.36. The van der Waals surface area contributed by atoms with Gasteiger partial charge >= 0.3 is 0 Å². The van der Waals surface area contributed by atoms with Crippen LogP contribution in [0.2, 0.25) is 0 Å². The van der Waals surface area contributed by atoms with Crippen LogP contribution in [-0.4, -0.2) is 0 Å². The standard InChI is InChI=1S/C14H10BrF4N/c15-8-4-11(18)14(12(19)5-8)13(20)3-7-1-9(16)6-10(17)2-7/h1-2,4-6,13H,3,20H2. The Morgan fingerprint density at radius 1 is 0.900 bits per heavy atom. The van der Waals surface area contributed by atoms with Crippen molar-refractivity contribution in [2.45, 2.75) is 12.5 Å². The number of halogens is 5. The van der Waals surface area contributed by atoms with E-state index >= 15 is 0 Å². The average Bonchev–Trinajstić information content (AvgIpc) is 2.25. The van der Waals surface area contributed by atoms with E-state index < -0.39 is 29.3 Å². The molecule has 0 aliphatic rings. The fourth-order valence-corrected chi connectivity index (χ4v) is 2.39. The molecule has 1 atom stereocenters. The Kier molecular flexibility index (Phi) is 4.45. The molecule has 0 saturated heterocycles. The molecule has 0 heterocycles. The van der Waals surface area contributed by atoms with E-state index in [1.807, 2.05) is 0 Å². The van der Waals surface area contributed by atoms with Crippen LogP contribution in [-0.2, 0) is 6.42 Å². The third kappa shape index (κ3) is 3.37. The highest BCUT2D eigenvalue weighted by atomic mass is 79.9. The van der Waals surface area contributed by atoms with E-state index in [1.54, 1.807) is 0 Å². The fraction of sp³-hybridized carbons (Fsp3) is 0.143. The van der Waals surface area contributed by atoms with Crippen LogP contribution in [0.15, 0.2) is 34.8 Å². The summed E-state index contributed by atoms with van der Waals surface area (Å²) in [5.41, 5.74) is 5.66. The highest BCUT2D eigenvalue weighted by Crippen LogP contribution is 2.26. The normalized spacial score (nSPS) is 12.5. The van der Waals surface area contributed by atoms with Gasteiger partial charge in [0.15, 0.2) is 0 Å². The predicted octanol–water partition coefficient (Wildman–Crippen LogP) is 4.25. The molecule has 0 amide bonds. The molecule has 0 spiro atoms. The first-order valence-corrected chi connectivity index (χ1v) is 6.51. The molecule has 0 aromatic heterocycles. The number of rotatable bonds is 3. The highest BCUT2D eigenvalue weighted by Gasteiger charge is 2.18. The molecule has 2 aromatic carbocycles. The summed E-state index contributed by atoms with van der Waals surface area (Å²) in [6, 6.07) is 4.02. The summed E-state index contributed by atoms with van der Waals surface area (Å²) in [6.45, 7) is 0. The molecule has 0 saturated carbocycles. The van der Waals surface area contributed by atoms with Gasteiger partial charge in [0.2, 0.25) is 0 Å². The van der Waals surface area contributed by atoms with Gasteiger partial charge in [-0.3, -0.25) is 0 Å². The van der Waals surface area contributed by atoms with Crippen molar-refractivity contribution >= 4 is 15.9 Å². The van der Waals surface area contributed by atoms with Crippen molar-refractivity contribution in [1.29, 1.82) is 0 Å². The zero-order chi connectivity index (χ0) is 14.9. The molecule has 106 valence electrons. The summed E-state index contributed by atoms with van der Waals surface area (Å²) < 4.78 is 53.8. The summed E-state index contributed by atoms with van der Waals surface area (Å²) in [7, 11) is 0. The molecule has 2 rings (SSSR count). The van der Waals surface area contributed by atoms with Crippen LogP contribution in [0.1, 0.15) is 17.2 Å². The Labute approximate surface area is 121 Å². The summed E-state index contributed by atoms with van der Waals surface area (Å²) in [6.07, 6.45) is -0.0792. The van der Waals surface area contributed by atoms with Crippen LogP contribution < -0.4 is 5.73 Å². The number of nitrogens with two attached hydrogens (primary N) is 1. The lowest BCUT2D eigenvalue weighted by atomic mass is 9.98. The van der Waals surface area contributed by atoms with Crippen molar-refractivity contribution in [1.82, 2.24) is 0 Å². The van der Waals surface area contributed by atoms with E-state index in [2.05, 4.69) is 15.9 Å². The van der Waals surface area contributed by atoms with Crippen LogP contribution in [0.25, 0.3) is 0 Å². The Hall–Kier alpha value is -1.40. The lowest BCUT2D eigenvalue weighted by molar-refractivity contribution is 0.521. The van der Waals surface area contributed by atoms with Crippen LogP contribution in [0.3, 0.4) is 0 Å². The molecular weight excluding hydrogens is 338 g/mol. The minimum absolute atomic E-state index is 0.0792. The smallest absolute Gasteiger partial charge is 0.132 e. The maximum Gasteiger partial charge on any atom is 0.132 e. The second-order valence-electron chi connectivity index (χ2n) is 4.37. The molecule has 2 aromatic rings. The molecule has 6 heteroatoms. The summed E-state index contributed by atoms with van der Waals surface area (Å²) in [4.78, 5) is 0. The van der Waals surface area contributed by atoms with Crippen molar-refractivity contribution in [3.8, 4) is 0 Å². The molecule has 1 nitrogen and oxygen atoms in total. The maximum absolute atomic E-state index is 13.7. The number of benzene rings is 2. The first kappa shape index (κ1) is 15.0. The van der Waals surface area contributed by atoms with Crippen molar-refractivity contribution < 1.29 is 17.6 Å². The van der Waals surface area contributed by atoms with E-state index in [0.717, 1.165) is 30.3 Å². The van der Waals surface area contributed by atoms with Gasteiger partial charge in [0.05, 0.1) is 0 Å². The average molecular weight is 348 g/mol. The predicted molar refractivity (Wildman–Crippen MR) is 71.0 cm³/mol. The molecular formula is C14H10BrF4N. The zero-order valence-electron chi connectivity index (χ0n) is 10.1. The topological polar surface area (TPSA) is 26.0 Å². The Balaban J connectivity index is 2.30. The van der Waals surface area contributed by atoms with Gasteiger partial charge in [-0.15, -0.1) is 0 Å². The molecule has 0 radical (unpaired) electrons. The van der Waals surface area contributed by atoms with E-state index in [0.29, 0.717) is 0 Å². The lowest BCUT2D eigenvalue weighted by Gasteiger charge is -2.14. The monoisotopic (exact) mass is 347 g/mol. The van der Waals surface area contributed by atoms with Crippen LogP contribution in [0.4, 0.5) is 17.6 Å². The molecule has 20 heavy (non-hydrogen) atoms. The van der Waals surface area contributed by atoms with E-state index in [4.69, 9.17) is 5.73 Å².